The van der Waals surface area contributed by atoms with E-state index < -0.39 is 6.04 Å². The molecule has 17 heavy (non-hydrogen) atoms. The summed E-state index contributed by atoms with van der Waals surface area (Å²) in [5, 5.41) is 0. The minimum Gasteiger partial charge on any atom is -0.467 e. The van der Waals surface area contributed by atoms with Gasteiger partial charge in [-0.1, -0.05) is 13.8 Å². The Labute approximate surface area is 102 Å². The fourth-order valence-corrected chi connectivity index (χ4v) is 2.28. The normalized spacial score (nSPS) is 21.7. The van der Waals surface area contributed by atoms with Gasteiger partial charge in [0.2, 0.25) is 5.91 Å². The molecule has 1 aliphatic heterocycles. The third-order valence-corrected chi connectivity index (χ3v) is 3.39. The van der Waals surface area contributed by atoms with Crippen molar-refractivity contribution in [3.8, 4) is 0 Å². The lowest BCUT2D eigenvalue weighted by Crippen LogP contribution is -2.46. The van der Waals surface area contributed by atoms with E-state index in [0.717, 1.165) is 6.42 Å². The summed E-state index contributed by atoms with van der Waals surface area (Å²) in [5.41, 5.74) is 5.63. The maximum atomic E-state index is 12.3. The molecule has 2 N–H and O–H groups in total. The first-order chi connectivity index (χ1) is 8.02. The minimum absolute atomic E-state index is 0.0181. The Kier molecular flexibility index (Phi) is 4.93. The predicted molar refractivity (Wildman–Crippen MR) is 64.1 cm³/mol. The Balaban J connectivity index is 2.76. The number of rotatable bonds is 4. The second kappa shape index (κ2) is 6.00. The fraction of sp³-hybridized carbons (Fsp3) is 0.833. The number of amides is 1. The first kappa shape index (κ1) is 14.0. The molecule has 1 aliphatic rings. The topological polar surface area (TPSA) is 72.6 Å². The van der Waals surface area contributed by atoms with Gasteiger partial charge in [-0.2, -0.15) is 0 Å². The molecule has 0 aliphatic carbocycles. The highest BCUT2D eigenvalue weighted by atomic mass is 16.5. The average Bonchev–Trinajstić information content (AvgIpc) is 2.77. The Morgan fingerprint density at radius 1 is 1.47 bits per heavy atom. The van der Waals surface area contributed by atoms with Crippen LogP contribution in [0.3, 0.4) is 0 Å². The number of likely N-dealkylation sites (tertiary alicyclic amines) is 1. The summed E-state index contributed by atoms with van der Waals surface area (Å²) in [5.74, 6) is -0.363. The lowest BCUT2D eigenvalue weighted by Gasteiger charge is -2.28. The summed E-state index contributed by atoms with van der Waals surface area (Å²) >= 11 is 0. The van der Waals surface area contributed by atoms with Crippen LogP contribution in [0.4, 0.5) is 0 Å². The van der Waals surface area contributed by atoms with E-state index in [4.69, 9.17) is 10.5 Å². The molecule has 0 spiro atoms. The number of nitrogens with zero attached hydrogens (tertiary/aromatic N) is 1. The molecular formula is C12H22N2O3. The highest BCUT2D eigenvalue weighted by molar-refractivity contribution is 5.86. The number of hydrogen-bond acceptors (Lipinski definition) is 4. The third-order valence-electron chi connectivity index (χ3n) is 3.39. The molecule has 0 aromatic carbocycles. The van der Waals surface area contributed by atoms with E-state index in [-0.39, 0.29) is 23.7 Å². The summed E-state index contributed by atoms with van der Waals surface area (Å²) < 4.78 is 4.72. The molecule has 5 nitrogen and oxygen atoms in total. The van der Waals surface area contributed by atoms with E-state index in [0.29, 0.717) is 19.5 Å². The van der Waals surface area contributed by atoms with Crippen LogP contribution in [-0.4, -0.2) is 43.0 Å². The van der Waals surface area contributed by atoms with Crippen molar-refractivity contribution >= 4 is 11.9 Å². The van der Waals surface area contributed by atoms with Crippen molar-refractivity contribution in [3.63, 3.8) is 0 Å². The van der Waals surface area contributed by atoms with Gasteiger partial charge in [-0.3, -0.25) is 4.79 Å². The van der Waals surface area contributed by atoms with Gasteiger partial charge in [0.15, 0.2) is 0 Å². The number of ether oxygens (including phenoxy) is 1. The maximum absolute atomic E-state index is 12.3. The molecule has 2 atom stereocenters. The summed E-state index contributed by atoms with van der Waals surface area (Å²) in [7, 11) is 1.35. The van der Waals surface area contributed by atoms with Gasteiger partial charge < -0.3 is 15.4 Å². The summed E-state index contributed by atoms with van der Waals surface area (Å²) in [6.45, 7) is 4.89. The highest BCUT2D eigenvalue weighted by Gasteiger charge is 2.37. The van der Waals surface area contributed by atoms with Crippen LogP contribution in [0, 0.1) is 11.8 Å². The molecule has 98 valence electrons. The summed E-state index contributed by atoms with van der Waals surface area (Å²) in [6, 6.07) is -0.416. The minimum atomic E-state index is -0.416. The van der Waals surface area contributed by atoms with Gasteiger partial charge in [-0.25, -0.2) is 4.79 Å². The molecule has 1 amide bonds. The van der Waals surface area contributed by atoms with Crippen LogP contribution in [0.2, 0.25) is 0 Å². The van der Waals surface area contributed by atoms with Crippen molar-refractivity contribution in [3.05, 3.63) is 0 Å². The van der Waals surface area contributed by atoms with Crippen LogP contribution in [0.25, 0.3) is 0 Å². The third kappa shape index (κ3) is 2.97. The lowest BCUT2D eigenvalue weighted by atomic mass is 9.94. The SMILES string of the molecule is COC(=O)C1CCCN1C(=O)C(CN)C(C)C. The van der Waals surface area contributed by atoms with Crippen LogP contribution in [0.15, 0.2) is 0 Å². The standard InChI is InChI=1S/C12H22N2O3/c1-8(2)9(7-13)11(15)14-6-4-5-10(14)12(16)17-3/h8-10H,4-7,13H2,1-3H3. The van der Waals surface area contributed by atoms with E-state index >= 15 is 0 Å². The number of nitrogens with two attached hydrogens (primary N) is 1. The van der Waals surface area contributed by atoms with Crippen molar-refractivity contribution in [2.45, 2.75) is 32.7 Å². The van der Waals surface area contributed by atoms with Gasteiger partial charge in [-0.05, 0) is 18.8 Å². The quantitative estimate of drug-likeness (QED) is 0.723. The Bertz CT molecular complexity index is 291. The smallest absolute Gasteiger partial charge is 0.328 e. The largest absolute Gasteiger partial charge is 0.467 e. The summed E-state index contributed by atoms with van der Waals surface area (Å²) in [4.78, 5) is 25.5. The molecule has 0 aromatic heterocycles. The lowest BCUT2D eigenvalue weighted by molar-refractivity contribution is -0.152. The van der Waals surface area contributed by atoms with Crippen LogP contribution < -0.4 is 5.73 Å². The monoisotopic (exact) mass is 242 g/mol. The van der Waals surface area contributed by atoms with Crippen molar-refractivity contribution in [2.75, 3.05) is 20.2 Å². The van der Waals surface area contributed by atoms with E-state index in [2.05, 4.69) is 0 Å². The Morgan fingerprint density at radius 2 is 2.12 bits per heavy atom. The first-order valence-electron chi connectivity index (χ1n) is 6.11. The van der Waals surface area contributed by atoms with E-state index in [1.165, 1.54) is 7.11 Å². The second-order valence-electron chi connectivity index (χ2n) is 4.80. The van der Waals surface area contributed by atoms with Gasteiger partial charge in [0, 0.05) is 13.1 Å². The molecule has 1 saturated heterocycles. The number of carbonyl (C=O) groups excluding carboxylic acids is 2. The molecule has 1 heterocycles. The molecule has 0 aromatic rings. The zero-order chi connectivity index (χ0) is 13.0. The fourth-order valence-electron chi connectivity index (χ4n) is 2.28. The highest BCUT2D eigenvalue weighted by Crippen LogP contribution is 2.23. The summed E-state index contributed by atoms with van der Waals surface area (Å²) in [6.07, 6.45) is 1.54. The Hall–Kier alpha value is -1.10. The number of methoxy groups -OCH3 is 1. The van der Waals surface area contributed by atoms with Crippen LogP contribution >= 0.6 is 0 Å². The van der Waals surface area contributed by atoms with Crippen LogP contribution in [0.1, 0.15) is 26.7 Å². The molecule has 0 bridgehead atoms. The maximum Gasteiger partial charge on any atom is 0.328 e. The van der Waals surface area contributed by atoms with Crippen molar-refractivity contribution in [1.29, 1.82) is 0 Å². The van der Waals surface area contributed by atoms with Crippen molar-refractivity contribution in [1.82, 2.24) is 4.90 Å². The Morgan fingerprint density at radius 3 is 2.59 bits per heavy atom. The number of esters is 1. The van der Waals surface area contributed by atoms with Gasteiger partial charge in [0.1, 0.15) is 6.04 Å². The molecule has 1 fully saturated rings. The zero-order valence-electron chi connectivity index (χ0n) is 10.8. The van der Waals surface area contributed by atoms with Crippen molar-refractivity contribution in [2.24, 2.45) is 17.6 Å². The van der Waals surface area contributed by atoms with Gasteiger partial charge in [0.05, 0.1) is 13.0 Å². The number of hydrogen-bond donors (Lipinski definition) is 1. The molecule has 5 heteroatoms. The van der Waals surface area contributed by atoms with Gasteiger partial charge in [-0.15, -0.1) is 0 Å². The molecule has 0 radical (unpaired) electrons. The van der Waals surface area contributed by atoms with Gasteiger partial charge in [0.25, 0.3) is 0 Å². The van der Waals surface area contributed by atoms with Gasteiger partial charge >= 0.3 is 5.97 Å². The van der Waals surface area contributed by atoms with Crippen LogP contribution in [0.5, 0.6) is 0 Å². The number of carbonyl (C=O) groups is 2. The van der Waals surface area contributed by atoms with E-state index in [1.807, 2.05) is 13.8 Å². The van der Waals surface area contributed by atoms with E-state index in [1.54, 1.807) is 4.90 Å². The van der Waals surface area contributed by atoms with Crippen LogP contribution in [-0.2, 0) is 14.3 Å². The molecule has 1 rings (SSSR count). The van der Waals surface area contributed by atoms with Crippen molar-refractivity contribution < 1.29 is 14.3 Å². The zero-order valence-corrected chi connectivity index (χ0v) is 10.8. The second-order valence-corrected chi connectivity index (χ2v) is 4.80. The average molecular weight is 242 g/mol. The van der Waals surface area contributed by atoms with E-state index in [9.17, 15) is 9.59 Å². The predicted octanol–water partition coefficient (Wildman–Crippen LogP) is 0.381. The molecular weight excluding hydrogens is 220 g/mol. The first-order valence-corrected chi connectivity index (χ1v) is 6.11. The molecule has 2 unspecified atom stereocenters. The molecule has 0 saturated carbocycles.